The molecule has 1 aromatic carbocycles. The molecule has 148 valence electrons. The SMILES string of the molecule is CN(C[C@H]1CCCN2CCCC[C@@H]12)C(=O)c1[nH]nc2c1COc1ccccc1-2. The quantitative estimate of drug-likeness (QED) is 0.887. The molecule has 5 rings (SSSR count). The highest BCUT2D eigenvalue weighted by Crippen LogP contribution is 2.37. The topological polar surface area (TPSA) is 61.5 Å². The van der Waals surface area contributed by atoms with Crippen LogP contribution < -0.4 is 4.74 Å². The normalized spacial score (nSPS) is 23.9. The first kappa shape index (κ1) is 17.7. The Labute approximate surface area is 165 Å². The maximum atomic E-state index is 13.2. The van der Waals surface area contributed by atoms with E-state index >= 15 is 0 Å². The van der Waals surface area contributed by atoms with Gasteiger partial charge in [-0.15, -0.1) is 0 Å². The number of ether oxygens (including phenoxy) is 1. The van der Waals surface area contributed by atoms with Crippen LogP contribution in [0, 0.1) is 5.92 Å². The standard InChI is InChI=1S/C22H28N4O2/c1-25(13-15-7-6-12-26-11-5-4-9-18(15)26)22(27)21-17-14-28-19-10-3-2-8-16(19)20(17)23-24-21/h2-3,8,10,15,18H,4-7,9,11-14H2,1H3,(H,23,24)/t15-,18+/m1/s1. The molecule has 0 radical (unpaired) electrons. The third kappa shape index (κ3) is 3.00. The Bertz CT molecular complexity index is 875. The Morgan fingerprint density at radius 3 is 3.04 bits per heavy atom. The first-order valence-electron chi connectivity index (χ1n) is 10.5. The Hall–Kier alpha value is -2.34. The van der Waals surface area contributed by atoms with Crippen LogP contribution in [0.4, 0.5) is 0 Å². The largest absolute Gasteiger partial charge is 0.488 e. The van der Waals surface area contributed by atoms with E-state index in [1.807, 2.05) is 36.2 Å². The lowest BCUT2D eigenvalue weighted by molar-refractivity contribution is 0.0400. The number of benzene rings is 1. The van der Waals surface area contributed by atoms with Gasteiger partial charge in [-0.05, 0) is 56.8 Å². The summed E-state index contributed by atoms with van der Waals surface area (Å²) in [6, 6.07) is 8.50. The Balaban J connectivity index is 1.34. The number of nitrogens with one attached hydrogen (secondary N) is 1. The number of hydrogen-bond donors (Lipinski definition) is 1. The van der Waals surface area contributed by atoms with Crippen molar-refractivity contribution >= 4 is 5.91 Å². The van der Waals surface area contributed by atoms with Gasteiger partial charge in [0.1, 0.15) is 23.7 Å². The van der Waals surface area contributed by atoms with E-state index in [1.54, 1.807) is 0 Å². The monoisotopic (exact) mass is 380 g/mol. The number of carbonyl (C=O) groups excluding carboxylic acids is 1. The van der Waals surface area contributed by atoms with Gasteiger partial charge < -0.3 is 14.5 Å². The zero-order valence-corrected chi connectivity index (χ0v) is 16.5. The summed E-state index contributed by atoms with van der Waals surface area (Å²) in [6.07, 6.45) is 6.38. The number of aromatic amines is 1. The lowest BCUT2D eigenvalue weighted by Crippen LogP contribution is -2.51. The van der Waals surface area contributed by atoms with Crippen molar-refractivity contribution in [1.82, 2.24) is 20.0 Å². The third-order valence-corrected chi connectivity index (χ3v) is 6.68. The molecule has 3 aliphatic heterocycles. The lowest BCUT2D eigenvalue weighted by Gasteiger charge is -2.45. The summed E-state index contributed by atoms with van der Waals surface area (Å²) in [7, 11) is 1.93. The van der Waals surface area contributed by atoms with E-state index in [1.165, 1.54) is 45.2 Å². The number of fused-ring (bicyclic) bond motifs is 4. The number of piperidine rings is 2. The summed E-state index contributed by atoms with van der Waals surface area (Å²) in [4.78, 5) is 17.7. The number of H-pyrrole nitrogens is 1. The van der Waals surface area contributed by atoms with Crippen molar-refractivity contribution in [3.8, 4) is 17.0 Å². The summed E-state index contributed by atoms with van der Waals surface area (Å²) >= 11 is 0. The maximum Gasteiger partial charge on any atom is 0.272 e. The van der Waals surface area contributed by atoms with Crippen molar-refractivity contribution in [2.24, 2.45) is 5.92 Å². The van der Waals surface area contributed by atoms with Gasteiger partial charge in [0.25, 0.3) is 5.91 Å². The molecule has 0 spiro atoms. The molecule has 1 N–H and O–H groups in total. The highest BCUT2D eigenvalue weighted by atomic mass is 16.5. The first-order chi connectivity index (χ1) is 13.7. The van der Waals surface area contributed by atoms with Crippen LogP contribution in [0.25, 0.3) is 11.3 Å². The predicted octanol–water partition coefficient (Wildman–Crippen LogP) is 3.31. The molecule has 0 unspecified atom stereocenters. The Kier molecular flexibility index (Phi) is 4.59. The molecule has 0 aliphatic carbocycles. The lowest BCUT2D eigenvalue weighted by atomic mass is 9.83. The van der Waals surface area contributed by atoms with Crippen LogP contribution in [0.5, 0.6) is 5.75 Å². The van der Waals surface area contributed by atoms with Crippen molar-refractivity contribution < 1.29 is 9.53 Å². The highest BCUT2D eigenvalue weighted by molar-refractivity contribution is 5.96. The van der Waals surface area contributed by atoms with Crippen LogP contribution in [-0.4, -0.2) is 58.6 Å². The molecule has 3 aliphatic rings. The molecule has 2 aromatic rings. The fraction of sp³-hybridized carbons (Fsp3) is 0.545. The average molecular weight is 380 g/mol. The van der Waals surface area contributed by atoms with E-state index in [0.29, 0.717) is 24.3 Å². The van der Waals surface area contributed by atoms with Crippen molar-refractivity contribution in [2.45, 2.75) is 44.8 Å². The second-order valence-corrected chi connectivity index (χ2v) is 8.40. The van der Waals surface area contributed by atoms with Crippen LogP contribution >= 0.6 is 0 Å². The number of hydrogen-bond acceptors (Lipinski definition) is 4. The van der Waals surface area contributed by atoms with Crippen molar-refractivity contribution in [2.75, 3.05) is 26.7 Å². The summed E-state index contributed by atoms with van der Waals surface area (Å²) in [5.41, 5.74) is 3.24. The van der Waals surface area contributed by atoms with Gasteiger partial charge in [-0.1, -0.05) is 18.6 Å². The molecular weight excluding hydrogens is 352 g/mol. The maximum absolute atomic E-state index is 13.2. The minimum Gasteiger partial charge on any atom is -0.488 e. The predicted molar refractivity (Wildman–Crippen MR) is 107 cm³/mol. The van der Waals surface area contributed by atoms with Crippen LogP contribution in [0.1, 0.15) is 48.2 Å². The molecule has 2 atom stereocenters. The second kappa shape index (κ2) is 7.24. The van der Waals surface area contributed by atoms with Gasteiger partial charge in [0.05, 0.1) is 0 Å². The molecule has 2 saturated heterocycles. The van der Waals surface area contributed by atoms with Crippen LogP contribution in [-0.2, 0) is 6.61 Å². The molecule has 1 aromatic heterocycles. The van der Waals surface area contributed by atoms with E-state index < -0.39 is 0 Å². The van der Waals surface area contributed by atoms with E-state index in [4.69, 9.17) is 4.74 Å². The minimum atomic E-state index is 0.0182. The number of aromatic nitrogens is 2. The number of para-hydroxylation sites is 1. The Morgan fingerprint density at radius 2 is 2.11 bits per heavy atom. The number of rotatable bonds is 3. The van der Waals surface area contributed by atoms with Crippen LogP contribution in [0.3, 0.4) is 0 Å². The van der Waals surface area contributed by atoms with E-state index in [0.717, 1.165) is 29.1 Å². The van der Waals surface area contributed by atoms with Crippen molar-refractivity contribution in [1.29, 1.82) is 0 Å². The van der Waals surface area contributed by atoms with E-state index in [-0.39, 0.29) is 5.91 Å². The highest BCUT2D eigenvalue weighted by Gasteiger charge is 2.35. The molecule has 6 nitrogen and oxygen atoms in total. The smallest absolute Gasteiger partial charge is 0.272 e. The van der Waals surface area contributed by atoms with Gasteiger partial charge in [0.2, 0.25) is 0 Å². The van der Waals surface area contributed by atoms with Gasteiger partial charge in [-0.25, -0.2) is 0 Å². The number of nitrogens with zero attached hydrogens (tertiary/aromatic N) is 3. The third-order valence-electron chi connectivity index (χ3n) is 6.68. The summed E-state index contributed by atoms with van der Waals surface area (Å²) in [6.45, 7) is 3.65. The molecule has 1 amide bonds. The Morgan fingerprint density at radius 1 is 1.25 bits per heavy atom. The zero-order valence-electron chi connectivity index (χ0n) is 16.5. The van der Waals surface area contributed by atoms with Gasteiger partial charge in [-0.2, -0.15) is 5.10 Å². The molecule has 4 heterocycles. The second-order valence-electron chi connectivity index (χ2n) is 8.40. The van der Waals surface area contributed by atoms with Crippen molar-refractivity contribution in [3.05, 3.63) is 35.5 Å². The average Bonchev–Trinajstić information content (AvgIpc) is 3.18. The minimum absolute atomic E-state index is 0.0182. The zero-order chi connectivity index (χ0) is 19.1. The van der Waals surface area contributed by atoms with Gasteiger partial charge in [-0.3, -0.25) is 9.89 Å². The first-order valence-corrected chi connectivity index (χ1v) is 10.5. The van der Waals surface area contributed by atoms with E-state index in [2.05, 4.69) is 15.1 Å². The molecule has 0 bridgehead atoms. The summed E-state index contributed by atoms with van der Waals surface area (Å²) in [5.74, 6) is 1.41. The molecular formula is C22H28N4O2. The molecule has 6 heteroatoms. The van der Waals surface area contributed by atoms with E-state index in [9.17, 15) is 4.79 Å². The van der Waals surface area contributed by atoms with Gasteiger partial charge >= 0.3 is 0 Å². The fourth-order valence-corrected chi connectivity index (χ4v) is 5.26. The molecule has 2 fully saturated rings. The molecule has 0 saturated carbocycles. The van der Waals surface area contributed by atoms with Crippen molar-refractivity contribution in [3.63, 3.8) is 0 Å². The van der Waals surface area contributed by atoms with Gasteiger partial charge in [0, 0.05) is 30.8 Å². The summed E-state index contributed by atoms with van der Waals surface area (Å²) < 4.78 is 5.86. The molecule has 28 heavy (non-hydrogen) atoms. The van der Waals surface area contributed by atoms with Crippen LogP contribution in [0.2, 0.25) is 0 Å². The van der Waals surface area contributed by atoms with Crippen LogP contribution in [0.15, 0.2) is 24.3 Å². The number of amides is 1. The van der Waals surface area contributed by atoms with Gasteiger partial charge in [0.15, 0.2) is 0 Å². The number of carbonyl (C=O) groups is 1. The fourth-order valence-electron chi connectivity index (χ4n) is 5.26. The summed E-state index contributed by atoms with van der Waals surface area (Å²) in [5, 5.41) is 7.45.